The minimum atomic E-state index is -0.703. The molecule has 1 N–H and O–H groups in total. The number of carbonyl (C=O) groups is 1. The number of benzene rings is 2. The van der Waals surface area contributed by atoms with Crippen molar-refractivity contribution in [2.75, 3.05) is 12.4 Å². The summed E-state index contributed by atoms with van der Waals surface area (Å²) in [4.78, 5) is 11.7. The van der Waals surface area contributed by atoms with E-state index >= 15 is 0 Å². The van der Waals surface area contributed by atoms with Gasteiger partial charge in [0.15, 0.2) is 0 Å². The van der Waals surface area contributed by atoms with Crippen molar-refractivity contribution < 1.29 is 13.9 Å². The Bertz CT molecular complexity index is 617. The highest BCUT2D eigenvalue weighted by atomic mass is 79.9. The first-order chi connectivity index (χ1) is 9.61. The maximum atomic E-state index is 13.9. The molecule has 3 nitrogen and oxygen atoms in total. The van der Waals surface area contributed by atoms with Crippen molar-refractivity contribution in [1.29, 1.82) is 0 Å². The SMILES string of the molecule is COC(=O)c1c(F)cc(Br)cc1NCc1ccccc1. The second-order valence-electron chi connectivity index (χ2n) is 4.14. The molecule has 20 heavy (non-hydrogen) atoms. The normalized spacial score (nSPS) is 10.2. The molecule has 0 spiro atoms. The van der Waals surface area contributed by atoms with Crippen LogP contribution in [-0.4, -0.2) is 13.1 Å². The summed E-state index contributed by atoms with van der Waals surface area (Å²) >= 11 is 3.21. The Balaban J connectivity index is 2.28. The van der Waals surface area contributed by atoms with E-state index in [1.165, 1.54) is 13.2 Å². The molecule has 2 aromatic rings. The van der Waals surface area contributed by atoms with Crippen molar-refractivity contribution >= 4 is 27.6 Å². The molecule has 0 aliphatic rings. The van der Waals surface area contributed by atoms with Gasteiger partial charge in [0.25, 0.3) is 0 Å². The molecule has 0 radical (unpaired) electrons. The summed E-state index contributed by atoms with van der Waals surface area (Å²) in [5.74, 6) is -1.33. The summed E-state index contributed by atoms with van der Waals surface area (Å²) in [6.45, 7) is 0.487. The van der Waals surface area contributed by atoms with Crippen LogP contribution in [0.4, 0.5) is 10.1 Å². The molecular weight excluding hydrogens is 325 g/mol. The molecule has 0 fully saturated rings. The van der Waals surface area contributed by atoms with E-state index in [-0.39, 0.29) is 5.56 Å². The summed E-state index contributed by atoms with van der Waals surface area (Å²) in [5.41, 5.74) is 1.34. The molecule has 0 aliphatic carbocycles. The van der Waals surface area contributed by atoms with Gasteiger partial charge in [-0.3, -0.25) is 0 Å². The number of methoxy groups -OCH3 is 1. The minimum absolute atomic E-state index is 0.0911. The molecule has 104 valence electrons. The van der Waals surface area contributed by atoms with Crippen molar-refractivity contribution in [3.63, 3.8) is 0 Å². The van der Waals surface area contributed by atoms with Crippen LogP contribution in [0.15, 0.2) is 46.9 Å². The van der Waals surface area contributed by atoms with Gasteiger partial charge in [0.2, 0.25) is 0 Å². The number of anilines is 1. The zero-order chi connectivity index (χ0) is 14.5. The Morgan fingerprint density at radius 1 is 1.30 bits per heavy atom. The Labute approximate surface area is 124 Å². The van der Waals surface area contributed by atoms with Crippen LogP contribution in [-0.2, 0) is 11.3 Å². The van der Waals surface area contributed by atoms with Gasteiger partial charge < -0.3 is 10.1 Å². The molecule has 0 saturated heterocycles. The van der Waals surface area contributed by atoms with Gasteiger partial charge in [0.05, 0.1) is 12.8 Å². The number of rotatable bonds is 4. The van der Waals surface area contributed by atoms with Gasteiger partial charge in [-0.1, -0.05) is 46.3 Å². The zero-order valence-corrected chi connectivity index (χ0v) is 12.4. The van der Waals surface area contributed by atoms with Crippen molar-refractivity contribution in [1.82, 2.24) is 0 Å². The van der Waals surface area contributed by atoms with E-state index < -0.39 is 11.8 Å². The standard InChI is InChI=1S/C15H13BrFNO2/c1-20-15(19)14-12(17)7-11(16)8-13(14)18-9-10-5-3-2-4-6-10/h2-8,18H,9H2,1H3. The average Bonchev–Trinajstić information content (AvgIpc) is 2.45. The number of carbonyl (C=O) groups excluding carboxylic acids is 1. The Morgan fingerprint density at radius 3 is 2.65 bits per heavy atom. The predicted molar refractivity (Wildman–Crippen MR) is 79.2 cm³/mol. The number of hydrogen-bond donors (Lipinski definition) is 1. The van der Waals surface area contributed by atoms with Crippen LogP contribution in [0.5, 0.6) is 0 Å². The Kier molecular flexibility index (Phi) is 4.74. The van der Waals surface area contributed by atoms with Gasteiger partial charge >= 0.3 is 5.97 Å². The molecule has 0 aromatic heterocycles. The Morgan fingerprint density at radius 2 is 2.00 bits per heavy atom. The molecule has 0 saturated carbocycles. The van der Waals surface area contributed by atoms with Gasteiger partial charge in [0.1, 0.15) is 11.4 Å². The zero-order valence-electron chi connectivity index (χ0n) is 10.8. The van der Waals surface area contributed by atoms with E-state index in [1.54, 1.807) is 6.07 Å². The largest absolute Gasteiger partial charge is 0.465 e. The van der Waals surface area contributed by atoms with Gasteiger partial charge in [-0.2, -0.15) is 0 Å². The summed E-state index contributed by atoms with van der Waals surface area (Å²) in [6.07, 6.45) is 0. The third-order valence-electron chi connectivity index (χ3n) is 2.77. The lowest BCUT2D eigenvalue weighted by Crippen LogP contribution is -2.10. The number of hydrogen-bond acceptors (Lipinski definition) is 3. The molecule has 0 amide bonds. The topological polar surface area (TPSA) is 38.3 Å². The van der Waals surface area contributed by atoms with Crippen LogP contribution in [0.3, 0.4) is 0 Å². The van der Waals surface area contributed by atoms with Gasteiger partial charge in [-0.05, 0) is 17.7 Å². The third kappa shape index (κ3) is 3.36. The lowest BCUT2D eigenvalue weighted by atomic mass is 10.1. The first kappa shape index (κ1) is 14.5. The lowest BCUT2D eigenvalue weighted by molar-refractivity contribution is 0.0596. The lowest BCUT2D eigenvalue weighted by Gasteiger charge is -2.12. The summed E-state index contributed by atoms with van der Waals surface area (Å²) in [7, 11) is 1.23. The molecule has 0 aliphatic heterocycles. The minimum Gasteiger partial charge on any atom is -0.465 e. The smallest absolute Gasteiger partial charge is 0.342 e. The molecule has 0 bridgehead atoms. The highest BCUT2D eigenvalue weighted by Gasteiger charge is 2.18. The second-order valence-corrected chi connectivity index (χ2v) is 5.06. The van der Waals surface area contributed by atoms with Gasteiger partial charge in [0, 0.05) is 11.0 Å². The van der Waals surface area contributed by atoms with Crippen LogP contribution in [0, 0.1) is 5.82 Å². The van der Waals surface area contributed by atoms with Crippen molar-refractivity contribution in [3.05, 3.63) is 63.9 Å². The van der Waals surface area contributed by atoms with Crippen LogP contribution in [0.1, 0.15) is 15.9 Å². The summed E-state index contributed by atoms with van der Waals surface area (Å²) in [5, 5.41) is 3.06. The number of halogens is 2. The predicted octanol–water partition coefficient (Wildman–Crippen LogP) is 3.99. The molecule has 0 heterocycles. The van der Waals surface area contributed by atoms with Crippen LogP contribution in [0.2, 0.25) is 0 Å². The molecule has 0 atom stereocenters. The quantitative estimate of drug-likeness (QED) is 0.857. The van der Waals surface area contributed by atoms with Crippen molar-refractivity contribution in [3.8, 4) is 0 Å². The number of nitrogens with one attached hydrogen (secondary N) is 1. The average molecular weight is 338 g/mol. The number of ether oxygens (including phenoxy) is 1. The monoisotopic (exact) mass is 337 g/mol. The molecule has 2 rings (SSSR count). The van der Waals surface area contributed by atoms with Crippen molar-refractivity contribution in [2.45, 2.75) is 6.54 Å². The van der Waals surface area contributed by atoms with E-state index in [4.69, 9.17) is 0 Å². The van der Waals surface area contributed by atoms with E-state index in [0.29, 0.717) is 16.7 Å². The van der Waals surface area contributed by atoms with Gasteiger partial charge in [-0.15, -0.1) is 0 Å². The molecule has 2 aromatic carbocycles. The van der Waals surface area contributed by atoms with E-state index in [0.717, 1.165) is 5.56 Å². The Hall–Kier alpha value is -1.88. The maximum Gasteiger partial charge on any atom is 0.342 e. The van der Waals surface area contributed by atoms with Crippen LogP contribution >= 0.6 is 15.9 Å². The van der Waals surface area contributed by atoms with E-state index in [9.17, 15) is 9.18 Å². The first-order valence-corrected chi connectivity index (χ1v) is 6.76. The van der Waals surface area contributed by atoms with Crippen LogP contribution in [0.25, 0.3) is 0 Å². The van der Waals surface area contributed by atoms with Crippen LogP contribution < -0.4 is 5.32 Å². The molecule has 5 heteroatoms. The number of esters is 1. The maximum absolute atomic E-state index is 13.9. The fourth-order valence-electron chi connectivity index (χ4n) is 1.82. The van der Waals surface area contributed by atoms with Gasteiger partial charge in [-0.25, -0.2) is 9.18 Å². The fourth-order valence-corrected chi connectivity index (χ4v) is 2.25. The summed E-state index contributed by atoms with van der Waals surface area (Å²) < 4.78 is 19.1. The van der Waals surface area contributed by atoms with E-state index in [2.05, 4.69) is 26.0 Å². The van der Waals surface area contributed by atoms with E-state index in [1.807, 2.05) is 30.3 Å². The highest BCUT2D eigenvalue weighted by Crippen LogP contribution is 2.26. The van der Waals surface area contributed by atoms with Crippen molar-refractivity contribution in [2.24, 2.45) is 0 Å². The third-order valence-corrected chi connectivity index (χ3v) is 3.23. The summed E-state index contributed by atoms with van der Waals surface area (Å²) in [6, 6.07) is 12.5. The fraction of sp³-hybridized carbons (Fsp3) is 0.133. The molecule has 0 unspecified atom stereocenters. The first-order valence-electron chi connectivity index (χ1n) is 5.97. The highest BCUT2D eigenvalue weighted by molar-refractivity contribution is 9.10. The second kappa shape index (κ2) is 6.52. The molecular formula is C15H13BrFNO2.